The Balaban J connectivity index is 1.38. The Morgan fingerprint density at radius 1 is 1.22 bits per heavy atom. The molecule has 0 bridgehead atoms. The van der Waals surface area contributed by atoms with E-state index in [0.29, 0.717) is 11.8 Å². The number of rotatable bonds is 3. The molecule has 1 aliphatic heterocycles. The summed E-state index contributed by atoms with van der Waals surface area (Å²) in [5.74, 6) is 5.07. The van der Waals surface area contributed by atoms with Gasteiger partial charge in [-0.25, -0.2) is 0 Å². The van der Waals surface area contributed by atoms with Gasteiger partial charge in [-0.3, -0.25) is 0 Å². The molecule has 0 radical (unpaired) electrons. The third kappa shape index (κ3) is 2.07. The molecule has 4 nitrogen and oxygen atoms in total. The minimum absolute atomic E-state index is 0.569. The topological polar surface area (TPSA) is 51.0 Å². The molecule has 1 N–H and O–H groups in total. The Labute approximate surface area is 108 Å². The molecule has 4 heteroatoms. The Morgan fingerprint density at radius 3 is 2.89 bits per heavy atom. The van der Waals surface area contributed by atoms with Gasteiger partial charge in [0, 0.05) is 12.3 Å². The average Bonchev–Trinajstić information content (AvgIpc) is 2.83. The third-order valence-corrected chi connectivity index (χ3v) is 4.95. The summed E-state index contributed by atoms with van der Waals surface area (Å²) < 4.78 is 5.48. The lowest BCUT2D eigenvalue weighted by Crippen LogP contribution is -2.31. The van der Waals surface area contributed by atoms with E-state index in [4.69, 9.17) is 4.52 Å². The van der Waals surface area contributed by atoms with Gasteiger partial charge in [-0.05, 0) is 62.9 Å². The van der Waals surface area contributed by atoms with Crippen molar-refractivity contribution in [2.24, 2.45) is 17.8 Å². The predicted molar refractivity (Wildman–Crippen MR) is 67.2 cm³/mol. The second-order valence-electron chi connectivity index (χ2n) is 6.39. The van der Waals surface area contributed by atoms with Gasteiger partial charge in [-0.1, -0.05) is 5.16 Å². The van der Waals surface area contributed by atoms with Crippen LogP contribution in [0.4, 0.5) is 0 Å². The van der Waals surface area contributed by atoms with E-state index >= 15 is 0 Å². The van der Waals surface area contributed by atoms with Gasteiger partial charge < -0.3 is 9.84 Å². The first-order chi connectivity index (χ1) is 8.88. The molecular formula is C14H21N3O. The summed E-state index contributed by atoms with van der Waals surface area (Å²) in [6.07, 6.45) is 7.59. The van der Waals surface area contributed by atoms with Crippen molar-refractivity contribution in [1.29, 1.82) is 0 Å². The number of hydrogen-bond donors (Lipinski definition) is 1. The van der Waals surface area contributed by atoms with Crippen LogP contribution in [0.1, 0.15) is 49.7 Å². The van der Waals surface area contributed by atoms with Crippen LogP contribution in [-0.2, 0) is 6.42 Å². The van der Waals surface area contributed by atoms with Crippen LogP contribution >= 0.6 is 0 Å². The third-order valence-electron chi connectivity index (χ3n) is 4.95. The van der Waals surface area contributed by atoms with Crippen molar-refractivity contribution in [3.8, 4) is 0 Å². The summed E-state index contributed by atoms with van der Waals surface area (Å²) in [5, 5.41) is 7.62. The van der Waals surface area contributed by atoms with Crippen LogP contribution in [-0.4, -0.2) is 23.2 Å². The van der Waals surface area contributed by atoms with Gasteiger partial charge in [0.2, 0.25) is 5.89 Å². The fraction of sp³-hybridized carbons (Fsp3) is 0.857. The van der Waals surface area contributed by atoms with Gasteiger partial charge in [0.15, 0.2) is 5.82 Å². The Kier molecular flexibility index (Phi) is 2.64. The maximum absolute atomic E-state index is 5.48. The van der Waals surface area contributed by atoms with Crippen LogP contribution in [0.25, 0.3) is 0 Å². The van der Waals surface area contributed by atoms with Crippen molar-refractivity contribution in [2.45, 2.75) is 44.4 Å². The minimum Gasteiger partial charge on any atom is -0.339 e. The number of piperidine rings is 1. The van der Waals surface area contributed by atoms with E-state index in [1.807, 2.05) is 0 Å². The summed E-state index contributed by atoms with van der Waals surface area (Å²) in [7, 11) is 0. The number of nitrogens with zero attached hydrogens (tertiary/aromatic N) is 2. The van der Waals surface area contributed by atoms with Gasteiger partial charge in [0.05, 0.1) is 0 Å². The van der Waals surface area contributed by atoms with Crippen LogP contribution < -0.4 is 5.32 Å². The summed E-state index contributed by atoms with van der Waals surface area (Å²) in [4.78, 5) is 4.64. The minimum atomic E-state index is 0.569. The van der Waals surface area contributed by atoms with Crippen LogP contribution in [0, 0.1) is 17.8 Å². The van der Waals surface area contributed by atoms with Gasteiger partial charge in [0.25, 0.3) is 0 Å². The van der Waals surface area contributed by atoms with Crippen molar-refractivity contribution in [2.75, 3.05) is 13.1 Å². The summed E-state index contributed by atoms with van der Waals surface area (Å²) in [6.45, 7) is 2.27. The van der Waals surface area contributed by atoms with E-state index in [2.05, 4.69) is 15.5 Å². The molecule has 0 amide bonds. The number of nitrogens with one attached hydrogen (secondary N) is 1. The second kappa shape index (κ2) is 4.34. The van der Waals surface area contributed by atoms with Crippen molar-refractivity contribution < 1.29 is 4.52 Å². The molecule has 4 rings (SSSR count). The van der Waals surface area contributed by atoms with Crippen molar-refractivity contribution in [1.82, 2.24) is 15.5 Å². The van der Waals surface area contributed by atoms with Gasteiger partial charge in [-0.2, -0.15) is 4.98 Å². The highest BCUT2D eigenvalue weighted by Gasteiger charge is 2.47. The largest absolute Gasteiger partial charge is 0.339 e. The molecule has 3 atom stereocenters. The normalized spacial score (nSPS) is 38.7. The summed E-state index contributed by atoms with van der Waals surface area (Å²) in [5.41, 5.74) is 0. The Morgan fingerprint density at radius 2 is 2.11 bits per heavy atom. The molecule has 1 saturated heterocycles. The van der Waals surface area contributed by atoms with Crippen molar-refractivity contribution in [3.05, 3.63) is 11.7 Å². The zero-order valence-corrected chi connectivity index (χ0v) is 10.8. The molecule has 0 spiro atoms. The first kappa shape index (κ1) is 11.0. The highest BCUT2D eigenvalue weighted by atomic mass is 16.5. The molecule has 3 unspecified atom stereocenters. The second-order valence-corrected chi connectivity index (χ2v) is 6.39. The van der Waals surface area contributed by atoms with Gasteiger partial charge in [-0.15, -0.1) is 0 Å². The zero-order chi connectivity index (χ0) is 11.9. The Bertz CT molecular complexity index is 414. The molecule has 3 aliphatic rings. The summed E-state index contributed by atoms with van der Waals surface area (Å²) >= 11 is 0. The molecular weight excluding hydrogens is 226 g/mol. The van der Waals surface area contributed by atoms with E-state index in [-0.39, 0.29) is 0 Å². The van der Waals surface area contributed by atoms with Crippen molar-refractivity contribution in [3.63, 3.8) is 0 Å². The molecule has 2 heterocycles. The fourth-order valence-electron chi connectivity index (χ4n) is 3.79. The number of aromatic nitrogens is 2. The van der Waals surface area contributed by atoms with Gasteiger partial charge in [0.1, 0.15) is 0 Å². The lowest BCUT2D eigenvalue weighted by Gasteiger charge is -2.20. The number of fused-ring (bicyclic) bond motifs is 1. The highest BCUT2D eigenvalue weighted by Crippen LogP contribution is 2.57. The van der Waals surface area contributed by atoms with E-state index in [9.17, 15) is 0 Å². The van der Waals surface area contributed by atoms with E-state index in [1.165, 1.54) is 38.6 Å². The smallest absolute Gasteiger partial charge is 0.229 e. The number of hydrogen-bond acceptors (Lipinski definition) is 4. The monoisotopic (exact) mass is 247 g/mol. The zero-order valence-electron chi connectivity index (χ0n) is 10.8. The molecule has 98 valence electrons. The maximum Gasteiger partial charge on any atom is 0.229 e. The van der Waals surface area contributed by atoms with E-state index in [1.54, 1.807) is 0 Å². The maximum atomic E-state index is 5.48. The molecule has 2 saturated carbocycles. The van der Waals surface area contributed by atoms with Crippen LogP contribution in [0.3, 0.4) is 0 Å². The molecule has 0 aromatic carbocycles. The molecule has 1 aromatic heterocycles. The first-order valence-electron chi connectivity index (χ1n) is 7.41. The average molecular weight is 247 g/mol. The lowest BCUT2D eigenvalue weighted by molar-refractivity contribution is 0.333. The molecule has 1 aromatic rings. The van der Waals surface area contributed by atoms with Crippen LogP contribution in [0.2, 0.25) is 0 Å². The SMILES string of the molecule is C1CNCC(Cc2noc(C3CC4CC4C3)n2)C1. The first-order valence-corrected chi connectivity index (χ1v) is 7.41. The standard InChI is InChI=1S/C14H21N3O/c1-2-9(8-15-3-1)4-13-16-14(18-17-13)12-6-10-5-11(10)7-12/h9-12,15H,1-8H2. The van der Waals surface area contributed by atoms with E-state index in [0.717, 1.165) is 36.5 Å². The van der Waals surface area contributed by atoms with E-state index < -0.39 is 0 Å². The predicted octanol–water partition coefficient (Wildman–Crippen LogP) is 2.13. The molecule has 18 heavy (non-hydrogen) atoms. The summed E-state index contributed by atoms with van der Waals surface area (Å²) in [6, 6.07) is 0. The van der Waals surface area contributed by atoms with Crippen LogP contribution in [0.5, 0.6) is 0 Å². The lowest BCUT2D eigenvalue weighted by atomic mass is 9.96. The Hall–Kier alpha value is -0.900. The highest BCUT2D eigenvalue weighted by molar-refractivity contribution is 5.07. The van der Waals surface area contributed by atoms with Crippen molar-refractivity contribution >= 4 is 0 Å². The molecule has 3 fully saturated rings. The fourth-order valence-corrected chi connectivity index (χ4v) is 3.79. The quantitative estimate of drug-likeness (QED) is 0.889. The van der Waals surface area contributed by atoms with Gasteiger partial charge >= 0.3 is 0 Å². The molecule has 2 aliphatic carbocycles. The van der Waals surface area contributed by atoms with Crippen LogP contribution in [0.15, 0.2) is 4.52 Å².